The minimum atomic E-state index is 0.280. The Labute approximate surface area is 107 Å². The van der Waals surface area contributed by atoms with Gasteiger partial charge in [0.2, 0.25) is 0 Å². The van der Waals surface area contributed by atoms with Gasteiger partial charge in [-0.2, -0.15) is 11.8 Å². The molecule has 0 aliphatic carbocycles. The Morgan fingerprint density at radius 2 is 1.88 bits per heavy atom. The lowest BCUT2D eigenvalue weighted by Gasteiger charge is -2.09. The molecule has 0 heterocycles. The van der Waals surface area contributed by atoms with E-state index in [0.29, 0.717) is 5.92 Å². The summed E-state index contributed by atoms with van der Waals surface area (Å²) >= 11 is 1.89. The van der Waals surface area contributed by atoms with E-state index >= 15 is 0 Å². The number of rotatable bonds is 5. The van der Waals surface area contributed by atoms with Crippen LogP contribution >= 0.6 is 11.8 Å². The summed E-state index contributed by atoms with van der Waals surface area (Å²) in [5.74, 6) is 2.42. The second-order valence-electron chi connectivity index (χ2n) is 4.44. The predicted molar refractivity (Wildman–Crippen MR) is 76.4 cm³/mol. The van der Waals surface area contributed by atoms with Crippen LogP contribution in [0.5, 0.6) is 0 Å². The smallest absolute Gasteiger partial charge is 0.0464 e. The van der Waals surface area contributed by atoms with E-state index in [-0.39, 0.29) is 6.61 Å². The van der Waals surface area contributed by atoms with Crippen molar-refractivity contribution < 1.29 is 5.11 Å². The van der Waals surface area contributed by atoms with Crippen LogP contribution in [-0.4, -0.2) is 17.5 Å². The molecule has 2 aromatic carbocycles. The van der Waals surface area contributed by atoms with Crippen molar-refractivity contribution in [2.45, 2.75) is 12.7 Å². The van der Waals surface area contributed by atoms with E-state index in [1.54, 1.807) is 0 Å². The van der Waals surface area contributed by atoms with Crippen LogP contribution < -0.4 is 0 Å². The zero-order valence-corrected chi connectivity index (χ0v) is 10.9. The topological polar surface area (TPSA) is 20.2 Å². The minimum Gasteiger partial charge on any atom is -0.396 e. The normalized spacial score (nSPS) is 12.8. The van der Waals surface area contributed by atoms with Crippen LogP contribution in [0, 0.1) is 5.92 Å². The molecule has 0 aliphatic heterocycles. The van der Waals surface area contributed by atoms with Gasteiger partial charge in [0.1, 0.15) is 0 Å². The Morgan fingerprint density at radius 3 is 2.71 bits per heavy atom. The number of hydrogen-bond acceptors (Lipinski definition) is 2. The van der Waals surface area contributed by atoms with Gasteiger partial charge in [-0.1, -0.05) is 49.4 Å². The third-order valence-electron chi connectivity index (χ3n) is 2.85. The van der Waals surface area contributed by atoms with Crippen LogP contribution in [0.1, 0.15) is 12.5 Å². The van der Waals surface area contributed by atoms with Crippen LogP contribution in [-0.2, 0) is 5.75 Å². The summed E-state index contributed by atoms with van der Waals surface area (Å²) in [6.45, 7) is 2.36. The van der Waals surface area contributed by atoms with Gasteiger partial charge in [-0.25, -0.2) is 0 Å². The second kappa shape index (κ2) is 6.08. The van der Waals surface area contributed by atoms with Crippen molar-refractivity contribution in [3.63, 3.8) is 0 Å². The number of aliphatic hydroxyl groups is 1. The lowest BCUT2D eigenvalue weighted by molar-refractivity contribution is 0.250. The molecule has 1 nitrogen and oxygen atoms in total. The highest BCUT2D eigenvalue weighted by atomic mass is 32.2. The van der Waals surface area contributed by atoms with Gasteiger partial charge < -0.3 is 5.11 Å². The number of aliphatic hydroxyl groups excluding tert-OH is 1. The van der Waals surface area contributed by atoms with E-state index in [9.17, 15) is 0 Å². The van der Waals surface area contributed by atoms with Crippen LogP contribution in [0.2, 0.25) is 0 Å². The molecule has 0 aromatic heterocycles. The lowest BCUT2D eigenvalue weighted by Crippen LogP contribution is -2.03. The van der Waals surface area contributed by atoms with Crippen LogP contribution in [0.25, 0.3) is 10.8 Å². The first-order chi connectivity index (χ1) is 8.31. The first-order valence-corrected chi connectivity index (χ1v) is 7.12. The summed E-state index contributed by atoms with van der Waals surface area (Å²) in [5, 5.41) is 11.6. The van der Waals surface area contributed by atoms with Crippen LogP contribution in [0.4, 0.5) is 0 Å². The van der Waals surface area contributed by atoms with E-state index in [0.717, 1.165) is 11.5 Å². The maximum absolute atomic E-state index is 8.99. The van der Waals surface area contributed by atoms with Gasteiger partial charge in [0.25, 0.3) is 0 Å². The Kier molecular flexibility index (Phi) is 4.46. The van der Waals surface area contributed by atoms with Gasteiger partial charge in [-0.05, 0) is 28.0 Å². The third-order valence-corrected chi connectivity index (χ3v) is 4.17. The van der Waals surface area contributed by atoms with Crippen LogP contribution in [0.3, 0.4) is 0 Å². The zero-order valence-electron chi connectivity index (χ0n) is 10.1. The first kappa shape index (κ1) is 12.5. The Morgan fingerprint density at radius 1 is 1.12 bits per heavy atom. The second-order valence-corrected chi connectivity index (χ2v) is 5.47. The standard InChI is InChI=1S/C15H18OS/c1-12(9-16)10-17-11-14-7-4-6-13-5-2-3-8-15(13)14/h2-8,12,16H,9-11H2,1H3. The van der Waals surface area contributed by atoms with Crippen molar-refractivity contribution in [1.29, 1.82) is 0 Å². The third kappa shape index (κ3) is 3.24. The fourth-order valence-corrected chi connectivity index (χ4v) is 2.94. The monoisotopic (exact) mass is 246 g/mol. The van der Waals surface area contributed by atoms with E-state index in [1.165, 1.54) is 16.3 Å². The molecular weight excluding hydrogens is 228 g/mol. The molecule has 0 aliphatic rings. The molecule has 0 amide bonds. The van der Waals surface area contributed by atoms with Crippen molar-refractivity contribution in [3.8, 4) is 0 Å². The average molecular weight is 246 g/mol. The van der Waals surface area contributed by atoms with Gasteiger partial charge in [-0.15, -0.1) is 0 Å². The van der Waals surface area contributed by atoms with Gasteiger partial charge >= 0.3 is 0 Å². The summed E-state index contributed by atoms with van der Waals surface area (Å²) in [7, 11) is 0. The number of benzene rings is 2. The molecule has 2 heteroatoms. The summed E-state index contributed by atoms with van der Waals surface area (Å²) in [6, 6.07) is 15.0. The molecule has 0 saturated carbocycles. The molecule has 1 unspecified atom stereocenters. The number of hydrogen-bond donors (Lipinski definition) is 1. The maximum atomic E-state index is 8.99. The van der Waals surface area contributed by atoms with Crippen molar-refractivity contribution in [2.24, 2.45) is 5.92 Å². The molecule has 0 radical (unpaired) electrons. The summed E-state index contributed by atoms with van der Waals surface area (Å²) < 4.78 is 0. The number of fused-ring (bicyclic) bond motifs is 1. The Hall–Kier alpha value is -0.990. The fraction of sp³-hybridized carbons (Fsp3) is 0.333. The maximum Gasteiger partial charge on any atom is 0.0464 e. The van der Waals surface area contributed by atoms with Crippen molar-refractivity contribution in [3.05, 3.63) is 48.0 Å². The quantitative estimate of drug-likeness (QED) is 0.868. The Bertz CT molecular complexity index is 476. The molecule has 2 rings (SSSR count). The van der Waals surface area contributed by atoms with E-state index < -0.39 is 0 Å². The molecule has 0 fully saturated rings. The lowest BCUT2D eigenvalue weighted by atomic mass is 10.1. The Balaban J connectivity index is 2.08. The van der Waals surface area contributed by atoms with Gasteiger partial charge in [0.05, 0.1) is 0 Å². The molecule has 0 bridgehead atoms. The van der Waals surface area contributed by atoms with Gasteiger partial charge in [-0.3, -0.25) is 0 Å². The highest BCUT2D eigenvalue weighted by Crippen LogP contribution is 2.23. The SMILES string of the molecule is CC(CO)CSCc1cccc2ccccc12. The number of thioether (sulfide) groups is 1. The van der Waals surface area contributed by atoms with Gasteiger partial charge in [0.15, 0.2) is 0 Å². The van der Waals surface area contributed by atoms with Gasteiger partial charge in [0, 0.05) is 12.4 Å². The molecular formula is C15H18OS. The summed E-state index contributed by atoms with van der Waals surface area (Å²) in [6.07, 6.45) is 0. The molecule has 90 valence electrons. The highest BCUT2D eigenvalue weighted by molar-refractivity contribution is 7.98. The molecule has 2 aromatic rings. The first-order valence-electron chi connectivity index (χ1n) is 5.96. The summed E-state index contributed by atoms with van der Waals surface area (Å²) in [4.78, 5) is 0. The van der Waals surface area contributed by atoms with E-state index in [1.807, 2.05) is 11.8 Å². The highest BCUT2D eigenvalue weighted by Gasteiger charge is 2.03. The van der Waals surface area contributed by atoms with Crippen LogP contribution in [0.15, 0.2) is 42.5 Å². The molecule has 0 spiro atoms. The van der Waals surface area contributed by atoms with Crippen molar-refractivity contribution >= 4 is 22.5 Å². The predicted octanol–water partition coefficient (Wildman–Crippen LogP) is 3.70. The molecule has 0 saturated heterocycles. The average Bonchev–Trinajstić information content (AvgIpc) is 2.39. The zero-order chi connectivity index (χ0) is 12.1. The van der Waals surface area contributed by atoms with E-state index in [4.69, 9.17) is 5.11 Å². The minimum absolute atomic E-state index is 0.280. The fourth-order valence-electron chi connectivity index (χ4n) is 1.84. The van der Waals surface area contributed by atoms with E-state index in [2.05, 4.69) is 49.4 Å². The van der Waals surface area contributed by atoms with Crippen molar-refractivity contribution in [1.82, 2.24) is 0 Å². The van der Waals surface area contributed by atoms with Crippen molar-refractivity contribution in [2.75, 3.05) is 12.4 Å². The largest absolute Gasteiger partial charge is 0.396 e. The molecule has 1 N–H and O–H groups in total. The molecule has 1 atom stereocenters. The molecule has 17 heavy (non-hydrogen) atoms. The summed E-state index contributed by atoms with van der Waals surface area (Å²) in [5.41, 5.74) is 1.39.